The smallest absolute Gasteiger partial charge is 0.281 e. The molecule has 1 saturated heterocycles. The number of anilines is 1. The van der Waals surface area contributed by atoms with Crippen LogP contribution in [0.3, 0.4) is 0 Å². The Morgan fingerprint density at radius 1 is 1.15 bits per heavy atom. The molecule has 2 aromatic heterocycles. The van der Waals surface area contributed by atoms with E-state index >= 15 is 0 Å². The maximum absolute atomic E-state index is 13.8. The average molecular weight is 652 g/mol. The van der Waals surface area contributed by atoms with Crippen molar-refractivity contribution in [2.75, 3.05) is 31.6 Å². The lowest BCUT2D eigenvalue weighted by atomic mass is 9.63. The molecule has 250 valence electrons. The Hall–Kier alpha value is -3.25. The fourth-order valence-electron chi connectivity index (χ4n) is 7.43. The number of hydrogen-bond donors (Lipinski definition) is 3. The second kappa shape index (κ2) is 13.9. The van der Waals surface area contributed by atoms with E-state index in [1.165, 1.54) is 49.3 Å². The Morgan fingerprint density at radius 2 is 1.93 bits per heavy atom. The molecule has 4 heterocycles. The summed E-state index contributed by atoms with van der Waals surface area (Å²) in [6, 6.07) is 6.45. The maximum atomic E-state index is 13.8. The van der Waals surface area contributed by atoms with Crippen molar-refractivity contribution in [1.82, 2.24) is 24.8 Å². The van der Waals surface area contributed by atoms with Gasteiger partial charge in [-0.15, -0.1) is 5.10 Å². The standard InChI is InChI=1S/C34H49N7O4S/c1-33(2)22-25(23-37-33)8-6-19-36-29-13-5-14-31(38-29)46(43,44)40-32(42)34(17-7-18-35-24-34)41-20-15-30(39-41)45-21-16-28(26-9-3-10-26)27-11-4-12-27/h5,7,13-15,17-18,20,25-28,37H,3-4,6,8-12,16,19,21-24H2,1-2H3,(H,36,38)(H,40,42)/t25-,34?/m0/s1. The van der Waals surface area contributed by atoms with E-state index in [0.29, 0.717) is 36.7 Å². The number of nitrogens with one attached hydrogen (secondary N) is 3. The molecule has 2 aliphatic heterocycles. The molecule has 46 heavy (non-hydrogen) atoms. The highest BCUT2D eigenvalue weighted by atomic mass is 32.2. The first kappa shape index (κ1) is 32.7. The number of carbonyl (C=O) groups is 1. The zero-order valence-electron chi connectivity index (χ0n) is 27.2. The highest BCUT2D eigenvalue weighted by molar-refractivity contribution is 7.90. The summed E-state index contributed by atoms with van der Waals surface area (Å²) in [6.07, 6.45) is 18.7. The van der Waals surface area contributed by atoms with Gasteiger partial charge in [-0.3, -0.25) is 9.79 Å². The number of aromatic nitrogens is 3. The van der Waals surface area contributed by atoms with Crippen molar-refractivity contribution in [1.29, 1.82) is 0 Å². The molecule has 2 atom stereocenters. The molecule has 11 nitrogen and oxygen atoms in total. The van der Waals surface area contributed by atoms with E-state index in [1.807, 2.05) is 0 Å². The van der Waals surface area contributed by atoms with Crippen LogP contribution in [0.15, 0.2) is 52.6 Å². The van der Waals surface area contributed by atoms with Gasteiger partial charge in [-0.25, -0.2) is 14.4 Å². The van der Waals surface area contributed by atoms with Crippen molar-refractivity contribution in [3.8, 4) is 5.88 Å². The lowest BCUT2D eigenvalue weighted by Gasteiger charge is -2.42. The number of ether oxygens (including phenoxy) is 1. The third kappa shape index (κ3) is 7.48. The van der Waals surface area contributed by atoms with Crippen LogP contribution in [0.5, 0.6) is 5.88 Å². The number of aliphatic imine (C=N–C) groups is 1. The molecule has 0 bridgehead atoms. The van der Waals surface area contributed by atoms with Crippen molar-refractivity contribution in [3.63, 3.8) is 0 Å². The summed E-state index contributed by atoms with van der Waals surface area (Å²) < 4.78 is 36.6. The molecule has 0 spiro atoms. The van der Waals surface area contributed by atoms with E-state index in [1.54, 1.807) is 42.8 Å². The van der Waals surface area contributed by atoms with E-state index in [0.717, 1.165) is 44.1 Å². The van der Waals surface area contributed by atoms with Gasteiger partial charge in [-0.05, 0) is 94.0 Å². The first-order valence-corrected chi connectivity index (χ1v) is 18.5. The largest absolute Gasteiger partial charge is 0.477 e. The van der Waals surface area contributed by atoms with E-state index in [-0.39, 0.29) is 17.1 Å². The van der Waals surface area contributed by atoms with Gasteiger partial charge in [0.2, 0.25) is 5.88 Å². The first-order chi connectivity index (χ1) is 22.1. The van der Waals surface area contributed by atoms with Crippen molar-refractivity contribution in [3.05, 3.63) is 42.6 Å². The zero-order valence-corrected chi connectivity index (χ0v) is 28.0. The number of carbonyl (C=O) groups excluding carboxylic acids is 1. The van der Waals surface area contributed by atoms with Crippen LogP contribution in [-0.2, 0) is 20.4 Å². The SMILES string of the molecule is CC1(C)C[C@H](CCCNc2cccc(S(=O)(=O)NC(=O)C3(n4ccc(OCCC(C5CCC5)C5CCC5)n4)C=CC=NC3)n2)CN1. The Kier molecular flexibility index (Phi) is 9.84. The molecule has 4 aliphatic rings. The molecule has 12 heteroatoms. The lowest BCUT2D eigenvalue weighted by Crippen LogP contribution is -2.52. The van der Waals surface area contributed by atoms with E-state index < -0.39 is 21.5 Å². The van der Waals surface area contributed by atoms with Gasteiger partial charge in [0, 0.05) is 30.6 Å². The zero-order chi connectivity index (χ0) is 32.2. The predicted octanol–water partition coefficient (Wildman–Crippen LogP) is 4.68. The molecule has 2 saturated carbocycles. The Bertz CT molecular complexity index is 1520. The molecule has 3 fully saturated rings. The van der Waals surface area contributed by atoms with Crippen LogP contribution in [0.1, 0.15) is 78.1 Å². The molecular weight excluding hydrogens is 602 g/mol. The van der Waals surface area contributed by atoms with E-state index in [9.17, 15) is 13.2 Å². The number of nitrogens with zero attached hydrogens (tertiary/aromatic N) is 4. The van der Waals surface area contributed by atoms with Gasteiger partial charge in [0.1, 0.15) is 5.82 Å². The number of rotatable bonds is 15. The van der Waals surface area contributed by atoms with Crippen LogP contribution < -0.4 is 20.1 Å². The topological polar surface area (TPSA) is 140 Å². The minimum atomic E-state index is -4.28. The Labute approximate surface area is 273 Å². The van der Waals surface area contributed by atoms with Crippen LogP contribution >= 0.6 is 0 Å². The van der Waals surface area contributed by atoms with Gasteiger partial charge in [0.15, 0.2) is 10.6 Å². The van der Waals surface area contributed by atoms with Gasteiger partial charge < -0.3 is 15.4 Å². The van der Waals surface area contributed by atoms with Crippen LogP contribution in [0.4, 0.5) is 5.82 Å². The van der Waals surface area contributed by atoms with Crippen LogP contribution in [0.2, 0.25) is 0 Å². The molecule has 6 rings (SSSR count). The van der Waals surface area contributed by atoms with Crippen molar-refractivity contribution < 1.29 is 17.9 Å². The summed E-state index contributed by atoms with van der Waals surface area (Å²) in [6.45, 7) is 6.72. The summed E-state index contributed by atoms with van der Waals surface area (Å²) in [7, 11) is -4.28. The number of allylic oxidation sites excluding steroid dienone is 1. The summed E-state index contributed by atoms with van der Waals surface area (Å²) >= 11 is 0. The first-order valence-electron chi connectivity index (χ1n) is 17.0. The monoisotopic (exact) mass is 651 g/mol. The van der Waals surface area contributed by atoms with E-state index in [4.69, 9.17) is 4.74 Å². The normalized spacial score (nSPS) is 24.5. The van der Waals surface area contributed by atoms with Gasteiger partial charge in [0.05, 0.1) is 13.2 Å². The highest BCUT2D eigenvalue weighted by Gasteiger charge is 2.42. The molecule has 0 aromatic carbocycles. The molecule has 0 radical (unpaired) electrons. The fourth-order valence-corrected chi connectivity index (χ4v) is 8.43. The summed E-state index contributed by atoms with van der Waals surface area (Å²) in [5.41, 5.74) is -1.28. The van der Waals surface area contributed by atoms with Gasteiger partial charge in [-0.1, -0.05) is 44.6 Å². The van der Waals surface area contributed by atoms with Crippen LogP contribution in [-0.4, -0.2) is 67.1 Å². The third-order valence-electron chi connectivity index (χ3n) is 10.5. The van der Waals surface area contributed by atoms with Crippen LogP contribution in [0, 0.1) is 23.7 Å². The number of hydrogen-bond acceptors (Lipinski definition) is 9. The van der Waals surface area contributed by atoms with Gasteiger partial charge in [-0.2, -0.15) is 8.42 Å². The second-order valence-electron chi connectivity index (χ2n) is 14.3. The maximum Gasteiger partial charge on any atom is 0.281 e. The van der Waals surface area contributed by atoms with E-state index in [2.05, 4.69) is 44.3 Å². The Balaban J connectivity index is 1.06. The quantitative estimate of drug-likeness (QED) is 0.236. The molecule has 2 aromatic rings. The fraction of sp³-hybridized carbons (Fsp3) is 0.647. The molecule has 1 amide bonds. The Morgan fingerprint density at radius 3 is 2.59 bits per heavy atom. The lowest BCUT2D eigenvalue weighted by molar-refractivity contribution is -0.125. The van der Waals surface area contributed by atoms with Crippen LogP contribution in [0.25, 0.3) is 0 Å². The number of pyridine rings is 1. The number of sulfonamides is 1. The molecule has 1 unspecified atom stereocenters. The van der Waals surface area contributed by atoms with Crippen molar-refractivity contribution in [2.45, 2.75) is 94.2 Å². The summed E-state index contributed by atoms with van der Waals surface area (Å²) in [5.74, 6) is 3.09. The second-order valence-corrected chi connectivity index (χ2v) is 15.9. The number of dihydropyridines is 1. The minimum absolute atomic E-state index is 0.000127. The average Bonchev–Trinajstić information content (AvgIpc) is 3.60. The highest BCUT2D eigenvalue weighted by Crippen LogP contribution is 2.46. The minimum Gasteiger partial charge on any atom is -0.477 e. The summed E-state index contributed by atoms with van der Waals surface area (Å²) in [5, 5.41) is 11.1. The molecule has 2 aliphatic carbocycles. The van der Waals surface area contributed by atoms with Crippen molar-refractivity contribution >= 4 is 28.0 Å². The summed E-state index contributed by atoms with van der Waals surface area (Å²) in [4.78, 5) is 22.4. The molecular formula is C34H49N7O4S. The third-order valence-corrected chi connectivity index (χ3v) is 11.7. The predicted molar refractivity (Wildman–Crippen MR) is 178 cm³/mol. The van der Waals surface area contributed by atoms with Gasteiger partial charge >= 0.3 is 0 Å². The van der Waals surface area contributed by atoms with Gasteiger partial charge in [0.25, 0.3) is 15.9 Å². The number of amides is 1. The molecule has 3 N–H and O–H groups in total. The van der Waals surface area contributed by atoms with Crippen molar-refractivity contribution in [2.24, 2.45) is 28.7 Å².